The summed E-state index contributed by atoms with van der Waals surface area (Å²) in [6.07, 6.45) is 0.945. The van der Waals surface area contributed by atoms with Gasteiger partial charge in [0.2, 0.25) is 10.0 Å². The summed E-state index contributed by atoms with van der Waals surface area (Å²) in [5.74, 6) is 0.742. The minimum Gasteiger partial charge on any atom is -0.497 e. The summed E-state index contributed by atoms with van der Waals surface area (Å²) in [5.41, 5.74) is 3.17. The molecule has 0 saturated carbocycles. The van der Waals surface area contributed by atoms with Crippen LogP contribution in [0.5, 0.6) is 5.75 Å². The van der Waals surface area contributed by atoms with Gasteiger partial charge in [-0.05, 0) is 61.2 Å². The van der Waals surface area contributed by atoms with Gasteiger partial charge in [0.1, 0.15) is 5.75 Å². The van der Waals surface area contributed by atoms with Gasteiger partial charge in [-0.15, -0.1) is 0 Å². The number of hydrogen-bond donors (Lipinski definition) is 0. The second kappa shape index (κ2) is 10.0. The van der Waals surface area contributed by atoms with Gasteiger partial charge < -0.3 is 9.64 Å². The van der Waals surface area contributed by atoms with Gasteiger partial charge in [-0.3, -0.25) is 9.69 Å². The monoisotopic (exact) mass is 459 g/mol. The van der Waals surface area contributed by atoms with Crippen LogP contribution in [0.2, 0.25) is 0 Å². The first kappa shape index (κ1) is 24.2. The van der Waals surface area contributed by atoms with Crippen molar-refractivity contribution in [3.8, 4) is 5.75 Å². The van der Waals surface area contributed by atoms with Crippen molar-refractivity contribution < 1.29 is 17.9 Å². The topological polar surface area (TPSA) is 70.2 Å². The number of carbonyl (C=O) groups excluding carboxylic acids is 1. The van der Waals surface area contributed by atoms with E-state index in [1.54, 1.807) is 20.1 Å². The molecule has 1 aliphatic rings. The molecule has 0 N–H and O–H groups in total. The molecule has 2 aromatic rings. The molecule has 7 nitrogen and oxygen atoms in total. The fourth-order valence-electron chi connectivity index (χ4n) is 3.85. The Kier molecular flexibility index (Phi) is 7.59. The third-order valence-electron chi connectivity index (χ3n) is 6.16. The molecule has 1 amide bonds. The third kappa shape index (κ3) is 5.31. The Morgan fingerprint density at radius 1 is 1.03 bits per heavy atom. The number of rotatable bonds is 7. The Hall–Kier alpha value is -2.42. The Labute approximate surface area is 191 Å². The summed E-state index contributed by atoms with van der Waals surface area (Å²) >= 11 is 0. The Morgan fingerprint density at radius 3 is 2.22 bits per heavy atom. The summed E-state index contributed by atoms with van der Waals surface area (Å²) in [5, 5.41) is 0. The molecule has 3 rings (SSSR count). The molecule has 0 atom stereocenters. The highest BCUT2D eigenvalue weighted by molar-refractivity contribution is 7.89. The van der Waals surface area contributed by atoms with Gasteiger partial charge in [0, 0.05) is 52.4 Å². The lowest BCUT2D eigenvalue weighted by Gasteiger charge is -2.35. The van der Waals surface area contributed by atoms with Crippen molar-refractivity contribution in [1.82, 2.24) is 14.1 Å². The molecule has 1 saturated heterocycles. The molecule has 1 heterocycles. The van der Waals surface area contributed by atoms with Gasteiger partial charge in [-0.1, -0.05) is 12.1 Å². The highest BCUT2D eigenvalue weighted by Gasteiger charge is 2.26. The second-order valence-electron chi connectivity index (χ2n) is 8.44. The molecule has 2 aromatic carbocycles. The summed E-state index contributed by atoms with van der Waals surface area (Å²) in [6.45, 7) is 7.42. The number of benzene rings is 2. The normalized spacial score (nSPS) is 15.2. The first-order valence-corrected chi connectivity index (χ1v) is 12.3. The Morgan fingerprint density at radius 2 is 1.66 bits per heavy atom. The van der Waals surface area contributed by atoms with Crippen molar-refractivity contribution in [3.05, 3.63) is 58.7 Å². The molecule has 1 aliphatic heterocycles. The van der Waals surface area contributed by atoms with Crippen LogP contribution in [0, 0.1) is 13.8 Å². The SMILES string of the molecule is COc1ccc(CCN2CCN(C(=O)c3cc(C)c(C)c(S(=O)(=O)N(C)C)c3)CC2)cc1. The Bertz CT molecular complexity index is 1060. The standard InChI is InChI=1S/C24H33N3O4S/c1-18-16-21(17-23(19(18)2)32(29,30)25(3)4)24(28)27-14-12-26(13-15-27)11-10-20-6-8-22(31-5)9-7-20/h6-9,16-17H,10-15H2,1-5H3. The van der Waals surface area contributed by atoms with Crippen molar-refractivity contribution in [2.75, 3.05) is 53.9 Å². The van der Waals surface area contributed by atoms with Crippen LogP contribution in [0.4, 0.5) is 0 Å². The third-order valence-corrected chi connectivity index (χ3v) is 8.10. The fraction of sp³-hybridized carbons (Fsp3) is 0.458. The van der Waals surface area contributed by atoms with E-state index >= 15 is 0 Å². The lowest BCUT2D eigenvalue weighted by atomic mass is 10.0. The first-order chi connectivity index (χ1) is 15.1. The molecule has 8 heteroatoms. The lowest BCUT2D eigenvalue weighted by Crippen LogP contribution is -2.49. The van der Waals surface area contributed by atoms with Gasteiger partial charge in [-0.25, -0.2) is 12.7 Å². The number of hydrogen-bond acceptors (Lipinski definition) is 5. The molecule has 0 unspecified atom stereocenters. The summed E-state index contributed by atoms with van der Waals surface area (Å²) in [6, 6.07) is 11.4. The number of aryl methyl sites for hydroxylation is 1. The predicted molar refractivity (Wildman–Crippen MR) is 126 cm³/mol. The number of ether oxygens (including phenoxy) is 1. The number of nitrogens with zero attached hydrogens (tertiary/aromatic N) is 3. The van der Waals surface area contributed by atoms with Crippen molar-refractivity contribution >= 4 is 15.9 Å². The van der Waals surface area contributed by atoms with Gasteiger partial charge in [0.25, 0.3) is 5.91 Å². The zero-order valence-corrected chi connectivity index (χ0v) is 20.4. The second-order valence-corrected chi connectivity index (χ2v) is 10.6. The molecular weight excluding hydrogens is 426 g/mol. The van der Waals surface area contributed by atoms with Crippen LogP contribution < -0.4 is 4.74 Å². The average molecular weight is 460 g/mol. The highest BCUT2D eigenvalue weighted by Crippen LogP contribution is 2.24. The number of amides is 1. The van der Waals surface area contributed by atoms with E-state index in [1.807, 2.05) is 24.0 Å². The number of methoxy groups -OCH3 is 1. The van der Waals surface area contributed by atoms with Crippen LogP contribution >= 0.6 is 0 Å². The maximum Gasteiger partial charge on any atom is 0.253 e. The van der Waals surface area contributed by atoms with E-state index < -0.39 is 10.0 Å². The van der Waals surface area contributed by atoms with Crippen molar-refractivity contribution in [1.29, 1.82) is 0 Å². The first-order valence-electron chi connectivity index (χ1n) is 10.8. The molecule has 0 spiro atoms. The number of piperazine rings is 1. The van der Waals surface area contributed by atoms with Crippen LogP contribution in [0.1, 0.15) is 27.0 Å². The molecule has 0 aliphatic carbocycles. The average Bonchev–Trinajstić information content (AvgIpc) is 2.79. The minimum atomic E-state index is -3.62. The quantitative estimate of drug-likeness (QED) is 0.637. The van der Waals surface area contributed by atoms with E-state index in [-0.39, 0.29) is 10.8 Å². The summed E-state index contributed by atoms with van der Waals surface area (Å²) in [7, 11) is 1.05. The molecule has 0 radical (unpaired) electrons. The van der Waals surface area contributed by atoms with E-state index in [9.17, 15) is 13.2 Å². The predicted octanol–water partition coefficient (Wildman–Crippen LogP) is 2.56. The maximum atomic E-state index is 13.1. The zero-order chi connectivity index (χ0) is 23.5. The van der Waals surface area contributed by atoms with Gasteiger partial charge >= 0.3 is 0 Å². The fourth-order valence-corrected chi connectivity index (χ4v) is 5.07. The van der Waals surface area contributed by atoms with E-state index in [2.05, 4.69) is 17.0 Å². The van der Waals surface area contributed by atoms with E-state index in [1.165, 1.54) is 30.0 Å². The number of sulfonamides is 1. The molecule has 1 fully saturated rings. The van der Waals surface area contributed by atoms with Gasteiger partial charge in [0.15, 0.2) is 0 Å². The minimum absolute atomic E-state index is 0.113. The van der Waals surface area contributed by atoms with Gasteiger partial charge in [0.05, 0.1) is 12.0 Å². The van der Waals surface area contributed by atoms with E-state index in [0.717, 1.165) is 37.4 Å². The largest absolute Gasteiger partial charge is 0.497 e. The molecular formula is C24H33N3O4S. The van der Waals surface area contributed by atoms with Crippen LogP contribution in [0.3, 0.4) is 0 Å². The molecule has 0 aromatic heterocycles. The van der Waals surface area contributed by atoms with Crippen molar-refractivity contribution in [3.63, 3.8) is 0 Å². The van der Waals surface area contributed by atoms with Gasteiger partial charge in [-0.2, -0.15) is 0 Å². The molecule has 32 heavy (non-hydrogen) atoms. The number of carbonyl (C=O) groups is 1. The van der Waals surface area contributed by atoms with Crippen LogP contribution in [0.15, 0.2) is 41.3 Å². The summed E-state index contributed by atoms with van der Waals surface area (Å²) < 4.78 is 31.8. The summed E-state index contributed by atoms with van der Waals surface area (Å²) in [4.78, 5) is 17.5. The van der Waals surface area contributed by atoms with Crippen LogP contribution in [-0.4, -0.2) is 82.4 Å². The van der Waals surface area contributed by atoms with Crippen molar-refractivity contribution in [2.45, 2.75) is 25.2 Å². The van der Waals surface area contributed by atoms with Crippen molar-refractivity contribution in [2.24, 2.45) is 0 Å². The van der Waals surface area contributed by atoms with Crippen LogP contribution in [0.25, 0.3) is 0 Å². The van der Waals surface area contributed by atoms with E-state index in [0.29, 0.717) is 24.2 Å². The zero-order valence-electron chi connectivity index (χ0n) is 19.6. The molecule has 0 bridgehead atoms. The smallest absolute Gasteiger partial charge is 0.253 e. The lowest BCUT2D eigenvalue weighted by molar-refractivity contribution is 0.0638. The highest BCUT2D eigenvalue weighted by atomic mass is 32.2. The van der Waals surface area contributed by atoms with E-state index in [4.69, 9.17) is 4.74 Å². The van der Waals surface area contributed by atoms with Crippen LogP contribution in [-0.2, 0) is 16.4 Å². The molecule has 174 valence electrons. The Balaban J connectivity index is 1.63. The maximum absolute atomic E-state index is 13.1.